The number of pyridine rings is 1. The van der Waals surface area contributed by atoms with Gasteiger partial charge in [-0.3, -0.25) is 9.78 Å². The molecule has 1 saturated carbocycles. The highest BCUT2D eigenvalue weighted by molar-refractivity contribution is 5.81. The summed E-state index contributed by atoms with van der Waals surface area (Å²) in [6, 6.07) is 18.6. The van der Waals surface area contributed by atoms with Crippen LogP contribution in [0.3, 0.4) is 0 Å². The van der Waals surface area contributed by atoms with Crippen LogP contribution in [0, 0.1) is 5.92 Å². The molecule has 0 unspecified atom stereocenters. The van der Waals surface area contributed by atoms with E-state index in [1.165, 1.54) is 24.8 Å². The molecule has 1 aromatic heterocycles. The third kappa shape index (κ3) is 6.07. The van der Waals surface area contributed by atoms with Gasteiger partial charge in [-0.05, 0) is 85.9 Å². The van der Waals surface area contributed by atoms with Crippen molar-refractivity contribution in [1.82, 2.24) is 9.88 Å². The number of nitrogens with zero attached hydrogens (tertiary/aromatic N) is 2. The number of benzene rings is 2. The molecular weight excluding hydrogens is 448 g/mol. The Balaban J connectivity index is 1.34. The van der Waals surface area contributed by atoms with Gasteiger partial charge in [0.1, 0.15) is 11.5 Å². The summed E-state index contributed by atoms with van der Waals surface area (Å²) in [6.07, 6.45) is 11.6. The van der Waals surface area contributed by atoms with Crippen molar-refractivity contribution in [3.63, 3.8) is 0 Å². The second-order valence-corrected chi connectivity index (χ2v) is 10.4. The number of para-hydroxylation sites is 1. The third-order valence-corrected chi connectivity index (χ3v) is 8.10. The van der Waals surface area contributed by atoms with Gasteiger partial charge in [-0.2, -0.15) is 0 Å². The summed E-state index contributed by atoms with van der Waals surface area (Å²) in [6.45, 7) is 1.60. The molecule has 0 N–H and O–H groups in total. The number of hydrogen-bond donors (Lipinski definition) is 0. The molecule has 5 heteroatoms. The van der Waals surface area contributed by atoms with E-state index in [0.717, 1.165) is 67.7 Å². The lowest BCUT2D eigenvalue weighted by Gasteiger charge is -2.33. The average molecular weight is 487 g/mol. The lowest BCUT2D eigenvalue weighted by atomic mass is 9.78. The molecule has 1 saturated heterocycles. The van der Waals surface area contributed by atoms with E-state index in [4.69, 9.17) is 14.5 Å². The third-order valence-electron chi connectivity index (χ3n) is 8.10. The summed E-state index contributed by atoms with van der Waals surface area (Å²) in [5, 5.41) is 1.07. The van der Waals surface area contributed by atoms with Crippen molar-refractivity contribution in [2.75, 3.05) is 20.3 Å². The summed E-state index contributed by atoms with van der Waals surface area (Å²) in [5.41, 5.74) is 2.18. The van der Waals surface area contributed by atoms with Gasteiger partial charge in [-0.25, -0.2) is 0 Å². The van der Waals surface area contributed by atoms with Crippen LogP contribution in [0.15, 0.2) is 60.8 Å². The highest BCUT2D eigenvalue weighted by atomic mass is 16.5. The van der Waals surface area contributed by atoms with Crippen LogP contribution in [0.5, 0.6) is 11.5 Å². The highest BCUT2D eigenvalue weighted by Gasteiger charge is 2.28. The zero-order valence-corrected chi connectivity index (χ0v) is 21.4. The Morgan fingerprint density at radius 3 is 2.56 bits per heavy atom. The van der Waals surface area contributed by atoms with E-state index < -0.39 is 0 Å². The topological polar surface area (TPSA) is 51.7 Å². The van der Waals surface area contributed by atoms with Crippen LogP contribution in [-0.4, -0.2) is 42.1 Å². The van der Waals surface area contributed by atoms with Crippen molar-refractivity contribution in [2.45, 2.75) is 69.7 Å². The van der Waals surface area contributed by atoms with Gasteiger partial charge in [-0.15, -0.1) is 0 Å². The number of ether oxygens (including phenoxy) is 2. The van der Waals surface area contributed by atoms with Crippen molar-refractivity contribution in [3.05, 3.63) is 66.4 Å². The van der Waals surface area contributed by atoms with E-state index in [9.17, 15) is 4.79 Å². The molecule has 2 fully saturated rings. The minimum atomic E-state index is 0.284. The molecule has 190 valence electrons. The maximum atomic E-state index is 13.2. The van der Waals surface area contributed by atoms with Crippen molar-refractivity contribution < 1.29 is 14.3 Å². The Morgan fingerprint density at radius 2 is 1.78 bits per heavy atom. The van der Waals surface area contributed by atoms with Crippen LogP contribution in [0.4, 0.5) is 0 Å². The predicted molar refractivity (Wildman–Crippen MR) is 143 cm³/mol. The van der Waals surface area contributed by atoms with Crippen LogP contribution >= 0.6 is 0 Å². The first kappa shape index (κ1) is 24.8. The molecule has 1 amide bonds. The van der Waals surface area contributed by atoms with E-state index >= 15 is 0 Å². The lowest BCUT2D eigenvalue weighted by Crippen LogP contribution is -2.38. The molecule has 5 nitrogen and oxygen atoms in total. The Morgan fingerprint density at radius 1 is 1.00 bits per heavy atom. The molecule has 1 atom stereocenters. The SMILES string of the molecule is CN(C(=O)CC[C@@H](c1cnc2ccc(Oc3ccccc3)cc2c1)C1CCOCC1)C1CCCCC1. The quantitative estimate of drug-likeness (QED) is 0.340. The first-order valence-electron chi connectivity index (χ1n) is 13.6. The van der Waals surface area contributed by atoms with Gasteiger partial charge in [0.2, 0.25) is 5.91 Å². The van der Waals surface area contributed by atoms with Gasteiger partial charge in [-0.1, -0.05) is 37.5 Å². The first-order chi connectivity index (χ1) is 17.7. The number of hydrogen-bond acceptors (Lipinski definition) is 4. The van der Waals surface area contributed by atoms with E-state index in [-0.39, 0.29) is 5.91 Å². The summed E-state index contributed by atoms with van der Waals surface area (Å²) < 4.78 is 11.7. The molecular formula is C31H38N2O3. The molecule has 1 aliphatic carbocycles. The second-order valence-electron chi connectivity index (χ2n) is 10.4. The van der Waals surface area contributed by atoms with Gasteiger partial charge in [0.15, 0.2) is 0 Å². The number of aromatic nitrogens is 1. The largest absolute Gasteiger partial charge is 0.457 e. The van der Waals surface area contributed by atoms with Crippen LogP contribution in [0.1, 0.15) is 69.3 Å². The van der Waals surface area contributed by atoms with Crippen LogP contribution in [0.25, 0.3) is 10.9 Å². The fourth-order valence-electron chi connectivity index (χ4n) is 5.94. The van der Waals surface area contributed by atoms with E-state index in [1.807, 2.05) is 60.6 Å². The molecule has 2 heterocycles. The molecule has 1 aliphatic heterocycles. The van der Waals surface area contributed by atoms with Gasteiger partial charge >= 0.3 is 0 Å². The average Bonchev–Trinajstić information content (AvgIpc) is 2.94. The molecule has 5 rings (SSSR count). The van der Waals surface area contributed by atoms with Gasteiger partial charge in [0, 0.05) is 44.3 Å². The van der Waals surface area contributed by atoms with Crippen molar-refractivity contribution in [2.24, 2.45) is 5.92 Å². The van der Waals surface area contributed by atoms with Crippen LogP contribution < -0.4 is 4.74 Å². The van der Waals surface area contributed by atoms with Crippen molar-refractivity contribution in [1.29, 1.82) is 0 Å². The van der Waals surface area contributed by atoms with Crippen LogP contribution in [0.2, 0.25) is 0 Å². The second kappa shape index (κ2) is 11.9. The number of carbonyl (C=O) groups is 1. The monoisotopic (exact) mass is 486 g/mol. The number of amides is 1. The van der Waals surface area contributed by atoms with Gasteiger partial charge in [0.25, 0.3) is 0 Å². The summed E-state index contributed by atoms with van der Waals surface area (Å²) >= 11 is 0. The highest BCUT2D eigenvalue weighted by Crippen LogP contribution is 2.37. The fraction of sp³-hybridized carbons (Fsp3) is 0.484. The molecule has 0 bridgehead atoms. The summed E-state index contributed by atoms with van der Waals surface area (Å²) in [7, 11) is 2.01. The fourth-order valence-corrected chi connectivity index (χ4v) is 5.94. The minimum absolute atomic E-state index is 0.284. The molecule has 3 aromatic rings. The summed E-state index contributed by atoms with van der Waals surface area (Å²) in [4.78, 5) is 20.0. The predicted octanol–water partition coefficient (Wildman–Crippen LogP) is 7.11. The zero-order valence-electron chi connectivity index (χ0n) is 21.4. The minimum Gasteiger partial charge on any atom is -0.457 e. The molecule has 2 aromatic carbocycles. The van der Waals surface area contributed by atoms with Crippen molar-refractivity contribution in [3.8, 4) is 11.5 Å². The van der Waals surface area contributed by atoms with Crippen LogP contribution in [-0.2, 0) is 9.53 Å². The van der Waals surface area contributed by atoms with E-state index in [2.05, 4.69) is 12.1 Å². The molecule has 0 spiro atoms. The Labute approximate surface area is 214 Å². The van der Waals surface area contributed by atoms with E-state index in [0.29, 0.717) is 24.3 Å². The van der Waals surface area contributed by atoms with Gasteiger partial charge in [0.05, 0.1) is 5.52 Å². The lowest BCUT2D eigenvalue weighted by molar-refractivity contribution is -0.132. The van der Waals surface area contributed by atoms with E-state index in [1.54, 1.807) is 0 Å². The first-order valence-corrected chi connectivity index (χ1v) is 13.6. The smallest absolute Gasteiger partial charge is 0.222 e. The Bertz CT molecular complexity index is 1140. The maximum absolute atomic E-state index is 13.2. The maximum Gasteiger partial charge on any atom is 0.222 e. The Hall–Kier alpha value is -2.92. The van der Waals surface area contributed by atoms with Crippen molar-refractivity contribution >= 4 is 16.8 Å². The molecule has 2 aliphatic rings. The normalized spacial score (nSPS) is 18.1. The number of rotatable bonds is 8. The standard InChI is InChI=1S/C31H38N2O3/c1-33(26-8-4-2-5-9-26)31(34)15-13-29(23-16-18-35-19-17-23)25-20-24-21-28(12-14-30(24)32-22-25)36-27-10-6-3-7-11-27/h3,6-7,10-12,14,20-23,26,29H,2,4-5,8-9,13,15-19H2,1H3/t29-/m1/s1. The van der Waals surface area contributed by atoms with Gasteiger partial charge < -0.3 is 14.4 Å². The molecule has 36 heavy (non-hydrogen) atoms. The number of fused-ring (bicyclic) bond motifs is 1. The summed E-state index contributed by atoms with van der Waals surface area (Å²) in [5.74, 6) is 2.72. The molecule has 0 radical (unpaired) electrons. The number of carbonyl (C=O) groups excluding carboxylic acids is 1. The zero-order chi connectivity index (χ0) is 24.7. The Kier molecular flexibility index (Phi) is 8.17.